The quantitative estimate of drug-likeness (QED) is 0.837. The Labute approximate surface area is 128 Å². The number of para-hydroxylation sites is 2. The van der Waals surface area contributed by atoms with Crippen LogP contribution < -0.4 is 14.8 Å². The Morgan fingerprint density at radius 1 is 1.33 bits per heavy atom. The summed E-state index contributed by atoms with van der Waals surface area (Å²) in [5.41, 5.74) is 0. The summed E-state index contributed by atoms with van der Waals surface area (Å²) < 4.78 is 11.2. The zero-order valence-corrected chi connectivity index (χ0v) is 13.5. The van der Waals surface area contributed by atoms with Crippen LogP contribution in [0.4, 0.5) is 0 Å². The Morgan fingerprint density at radius 3 is 2.81 bits per heavy atom. The Bertz CT molecular complexity index is 425. The van der Waals surface area contributed by atoms with Crippen LogP contribution in [0.25, 0.3) is 0 Å². The molecule has 118 valence electrons. The molecule has 2 unspecified atom stereocenters. The predicted molar refractivity (Wildman–Crippen MR) is 86.2 cm³/mol. The topological polar surface area (TPSA) is 33.7 Å². The number of hydrogen-bond donors (Lipinski definition) is 1. The number of piperazine rings is 1. The van der Waals surface area contributed by atoms with Gasteiger partial charge in [-0.25, -0.2) is 0 Å². The van der Waals surface area contributed by atoms with Crippen molar-refractivity contribution < 1.29 is 9.47 Å². The molecular formula is C17H28N2O2. The van der Waals surface area contributed by atoms with Gasteiger partial charge in [0.2, 0.25) is 0 Å². The first-order chi connectivity index (χ1) is 10.2. The van der Waals surface area contributed by atoms with E-state index in [1.165, 1.54) is 6.42 Å². The molecule has 0 amide bonds. The van der Waals surface area contributed by atoms with Crippen molar-refractivity contribution in [2.45, 2.75) is 26.3 Å². The van der Waals surface area contributed by atoms with Crippen LogP contribution in [0, 0.1) is 5.92 Å². The third-order valence-corrected chi connectivity index (χ3v) is 4.35. The van der Waals surface area contributed by atoms with Crippen molar-refractivity contribution in [3.63, 3.8) is 0 Å². The Balaban J connectivity index is 1.78. The van der Waals surface area contributed by atoms with E-state index in [0.29, 0.717) is 12.6 Å². The molecule has 0 aliphatic carbocycles. The van der Waals surface area contributed by atoms with E-state index in [1.807, 2.05) is 24.3 Å². The summed E-state index contributed by atoms with van der Waals surface area (Å²) in [5.74, 6) is 2.35. The minimum absolute atomic E-state index is 0.606. The fraction of sp³-hybridized carbons (Fsp3) is 0.647. The average Bonchev–Trinajstić information content (AvgIpc) is 2.55. The molecule has 1 aromatic rings. The second-order valence-corrected chi connectivity index (χ2v) is 5.75. The summed E-state index contributed by atoms with van der Waals surface area (Å²) in [4.78, 5) is 2.49. The number of nitrogens with one attached hydrogen (secondary N) is 1. The second kappa shape index (κ2) is 8.25. The third kappa shape index (κ3) is 4.61. The predicted octanol–water partition coefficient (Wildman–Crippen LogP) is 2.39. The molecule has 0 radical (unpaired) electrons. The zero-order valence-electron chi connectivity index (χ0n) is 13.5. The van der Waals surface area contributed by atoms with Crippen molar-refractivity contribution >= 4 is 0 Å². The third-order valence-electron chi connectivity index (χ3n) is 4.35. The summed E-state index contributed by atoms with van der Waals surface area (Å²) in [6.07, 6.45) is 1.23. The first-order valence-electron chi connectivity index (χ1n) is 7.96. The number of methoxy groups -OCH3 is 1. The van der Waals surface area contributed by atoms with Crippen LogP contribution in [0.1, 0.15) is 20.3 Å². The van der Waals surface area contributed by atoms with Gasteiger partial charge < -0.3 is 14.8 Å². The lowest BCUT2D eigenvalue weighted by molar-refractivity contribution is 0.143. The number of ether oxygens (including phenoxy) is 2. The van der Waals surface area contributed by atoms with Crippen LogP contribution in [0.2, 0.25) is 0 Å². The van der Waals surface area contributed by atoms with Gasteiger partial charge in [-0.1, -0.05) is 32.4 Å². The molecule has 0 bridgehead atoms. The largest absolute Gasteiger partial charge is 0.493 e. The summed E-state index contributed by atoms with van der Waals surface area (Å²) in [5, 5.41) is 3.62. The maximum atomic E-state index is 5.87. The number of hydrogen-bond acceptors (Lipinski definition) is 4. The number of nitrogens with zero attached hydrogens (tertiary/aromatic N) is 1. The lowest BCUT2D eigenvalue weighted by atomic mass is 9.97. The SMILES string of the molecule is CCC(C)C1CN(CCOc2ccccc2OC)CCN1. The minimum atomic E-state index is 0.606. The van der Waals surface area contributed by atoms with Gasteiger partial charge in [0, 0.05) is 32.2 Å². The van der Waals surface area contributed by atoms with Gasteiger partial charge in [0.1, 0.15) is 6.61 Å². The van der Waals surface area contributed by atoms with E-state index < -0.39 is 0 Å². The summed E-state index contributed by atoms with van der Waals surface area (Å²) in [7, 11) is 1.68. The molecule has 4 nitrogen and oxygen atoms in total. The maximum absolute atomic E-state index is 5.87. The molecule has 1 aliphatic heterocycles. The molecule has 21 heavy (non-hydrogen) atoms. The highest BCUT2D eigenvalue weighted by Gasteiger charge is 2.22. The molecule has 1 aromatic carbocycles. The molecular weight excluding hydrogens is 264 g/mol. The molecule has 0 aromatic heterocycles. The normalized spacial score (nSPS) is 21.0. The first-order valence-corrected chi connectivity index (χ1v) is 7.96. The summed E-state index contributed by atoms with van der Waals surface area (Å²) in [6.45, 7) is 9.54. The Hall–Kier alpha value is -1.26. The second-order valence-electron chi connectivity index (χ2n) is 5.75. The molecule has 0 spiro atoms. The van der Waals surface area contributed by atoms with Gasteiger partial charge in [-0.3, -0.25) is 4.90 Å². The summed E-state index contributed by atoms with van der Waals surface area (Å²) in [6, 6.07) is 8.42. The van der Waals surface area contributed by atoms with E-state index >= 15 is 0 Å². The van der Waals surface area contributed by atoms with Gasteiger partial charge in [0.15, 0.2) is 11.5 Å². The standard InChI is InChI=1S/C17H28N2O2/c1-4-14(2)15-13-19(10-9-18-15)11-12-21-17-8-6-5-7-16(17)20-3/h5-8,14-15,18H,4,9-13H2,1-3H3. The van der Waals surface area contributed by atoms with E-state index in [1.54, 1.807) is 7.11 Å². The van der Waals surface area contributed by atoms with Gasteiger partial charge in [-0.05, 0) is 18.1 Å². The smallest absolute Gasteiger partial charge is 0.161 e. The fourth-order valence-electron chi connectivity index (χ4n) is 2.73. The lowest BCUT2D eigenvalue weighted by Gasteiger charge is -2.36. The van der Waals surface area contributed by atoms with Gasteiger partial charge >= 0.3 is 0 Å². The van der Waals surface area contributed by atoms with Crippen LogP contribution >= 0.6 is 0 Å². The monoisotopic (exact) mass is 292 g/mol. The number of benzene rings is 1. The molecule has 2 atom stereocenters. The molecule has 2 rings (SSSR count). The van der Waals surface area contributed by atoms with Crippen LogP contribution in [0.3, 0.4) is 0 Å². The van der Waals surface area contributed by atoms with E-state index in [-0.39, 0.29) is 0 Å². The molecule has 1 N–H and O–H groups in total. The van der Waals surface area contributed by atoms with Gasteiger partial charge in [0.05, 0.1) is 7.11 Å². The fourth-order valence-corrected chi connectivity index (χ4v) is 2.73. The van der Waals surface area contributed by atoms with Crippen molar-refractivity contribution in [1.82, 2.24) is 10.2 Å². The molecule has 4 heteroatoms. The number of rotatable bonds is 7. The molecule has 1 heterocycles. The van der Waals surface area contributed by atoms with Gasteiger partial charge in [-0.15, -0.1) is 0 Å². The first kappa shape index (κ1) is 16.1. The van der Waals surface area contributed by atoms with Crippen LogP contribution in [-0.4, -0.2) is 50.8 Å². The van der Waals surface area contributed by atoms with Crippen LogP contribution in [0.15, 0.2) is 24.3 Å². The Kier molecular flexibility index (Phi) is 6.33. The van der Waals surface area contributed by atoms with Crippen molar-refractivity contribution in [1.29, 1.82) is 0 Å². The van der Waals surface area contributed by atoms with Gasteiger partial charge in [-0.2, -0.15) is 0 Å². The van der Waals surface area contributed by atoms with E-state index in [4.69, 9.17) is 9.47 Å². The average molecular weight is 292 g/mol. The zero-order chi connectivity index (χ0) is 15.1. The molecule has 1 fully saturated rings. The van der Waals surface area contributed by atoms with Crippen molar-refractivity contribution in [2.75, 3.05) is 39.9 Å². The van der Waals surface area contributed by atoms with Gasteiger partial charge in [0.25, 0.3) is 0 Å². The highest BCUT2D eigenvalue weighted by molar-refractivity contribution is 5.39. The van der Waals surface area contributed by atoms with E-state index in [2.05, 4.69) is 24.1 Å². The van der Waals surface area contributed by atoms with Crippen molar-refractivity contribution in [3.05, 3.63) is 24.3 Å². The van der Waals surface area contributed by atoms with Crippen molar-refractivity contribution in [3.8, 4) is 11.5 Å². The summed E-state index contributed by atoms with van der Waals surface area (Å²) >= 11 is 0. The highest BCUT2D eigenvalue weighted by atomic mass is 16.5. The maximum Gasteiger partial charge on any atom is 0.161 e. The molecule has 1 saturated heterocycles. The molecule has 1 aliphatic rings. The highest BCUT2D eigenvalue weighted by Crippen LogP contribution is 2.25. The lowest BCUT2D eigenvalue weighted by Crippen LogP contribution is -2.53. The van der Waals surface area contributed by atoms with E-state index in [0.717, 1.165) is 43.6 Å². The van der Waals surface area contributed by atoms with E-state index in [9.17, 15) is 0 Å². The van der Waals surface area contributed by atoms with Crippen LogP contribution in [-0.2, 0) is 0 Å². The molecule has 0 saturated carbocycles. The van der Waals surface area contributed by atoms with Crippen molar-refractivity contribution in [2.24, 2.45) is 5.92 Å². The minimum Gasteiger partial charge on any atom is -0.493 e. The Morgan fingerprint density at radius 2 is 2.10 bits per heavy atom. The van der Waals surface area contributed by atoms with Crippen LogP contribution in [0.5, 0.6) is 11.5 Å².